The van der Waals surface area contributed by atoms with Crippen LogP contribution in [0.25, 0.3) is 5.65 Å². The van der Waals surface area contributed by atoms with E-state index in [4.69, 9.17) is 0 Å². The number of hydrogen-bond acceptors (Lipinski definition) is 5. The van der Waals surface area contributed by atoms with Gasteiger partial charge in [0.25, 0.3) is 5.91 Å². The van der Waals surface area contributed by atoms with Gasteiger partial charge in [-0.05, 0) is 36.6 Å². The van der Waals surface area contributed by atoms with Crippen LogP contribution in [0.1, 0.15) is 34.1 Å². The zero-order valence-corrected chi connectivity index (χ0v) is 17.2. The Morgan fingerprint density at radius 1 is 1.23 bits per heavy atom. The first-order valence-corrected chi connectivity index (χ1v) is 10.0. The smallest absolute Gasteiger partial charge is 0.319 e. The fourth-order valence-corrected chi connectivity index (χ4v) is 3.72. The molecule has 0 bridgehead atoms. The van der Waals surface area contributed by atoms with Gasteiger partial charge in [-0.1, -0.05) is 6.07 Å². The molecule has 3 aromatic rings. The molecule has 0 radical (unpaired) electrons. The molecule has 4 rings (SSSR count). The van der Waals surface area contributed by atoms with Crippen molar-refractivity contribution in [3.8, 4) is 0 Å². The van der Waals surface area contributed by atoms with Crippen LogP contribution in [-0.2, 0) is 6.42 Å². The van der Waals surface area contributed by atoms with E-state index in [-0.39, 0.29) is 17.9 Å². The van der Waals surface area contributed by atoms with E-state index in [9.17, 15) is 9.59 Å². The standard InChI is InChI=1S/C21H25N7O2/c1-26(2)21(30)27-11-8-16(13-27)19-25-24-18-6-5-17(14-28(18)19)20(29)23-10-7-15-4-3-9-22-12-15/h3-6,9,12,14,16H,7-8,10-11,13H2,1-2H3,(H,23,29)/t16-/m1/s1. The average Bonchev–Trinajstić information content (AvgIpc) is 3.40. The van der Waals surface area contributed by atoms with E-state index < -0.39 is 0 Å². The third kappa shape index (κ3) is 4.10. The number of hydrogen-bond donors (Lipinski definition) is 1. The minimum Gasteiger partial charge on any atom is -0.352 e. The summed E-state index contributed by atoms with van der Waals surface area (Å²) in [6.45, 7) is 1.81. The highest BCUT2D eigenvalue weighted by atomic mass is 16.2. The number of rotatable bonds is 5. The van der Waals surface area contributed by atoms with Gasteiger partial charge in [0.05, 0.1) is 5.56 Å². The predicted octanol–water partition coefficient (Wildman–Crippen LogP) is 1.57. The van der Waals surface area contributed by atoms with Crippen LogP contribution in [0.4, 0.5) is 4.79 Å². The van der Waals surface area contributed by atoms with Crippen LogP contribution >= 0.6 is 0 Å². The fraction of sp³-hybridized carbons (Fsp3) is 0.381. The van der Waals surface area contributed by atoms with Crippen molar-refractivity contribution in [1.82, 2.24) is 34.7 Å². The van der Waals surface area contributed by atoms with E-state index in [2.05, 4.69) is 20.5 Å². The quantitative estimate of drug-likeness (QED) is 0.693. The SMILES string of the molecule is CN(C)C(=O)N1CC[C@@H](c2nnc3ccc(C(=O)NCCc4cccnc4)cn23)C1. The molecule has 3 aromatic heterocycles. The average molecular weight is 407 g/mol. The Morgan fingerprint density at radius 3 is 2.87 bits per heavy atom. The lowest BCUT2D eigenvalue weighted by atomic mass is 10.1. The second-order valence-electron chi connectivity index (χ2n) is 7.68. The molecular formula is C21H25N7O2. The van der Waals surface area contributed by atoms with Crippen molar-refractivity contribution in [2.45, 2.75) is 18.8 Å². The summed E-state index contributed by atoms with van der Waals surface area (Å²) in [7, 11) is 3.50. The van der Waals surface area contributed by atoms with Crippen molar-refractivity contribution in [1.29, 1.82) is 0 Å². The van der Waals surface area contributed by atoms with Gasteiger partial charge in [0.15, 0.2) is 5.65 Å². The van der Waals surface area contributed by atoms with Crippen LogP contribution in [-0.4, -0.2) is 75.0 Å². The molecule has 1 aliphatic rings. The van der Waals surface area contributed by atoms with E-state index >= 15 is 0 Å². The highest BCUT2D eigenvalue weighted by molar-refractivity contribution is 5.94. The lowest BCUT2D eigenvalue weighted by Crippen LogP contribution is -2.37. The molecule has 1 fully saturated rings. The van der Waals surface area contributed by atoms with Crippen molar-refractivity contribution >= 4 is 17.6 Å². The third-order valence-electron chi connectivity index (χ3n) is 5.32. The molecule has 1 atom stereocenters. The molecule has 4 heterocycles. The summed E-state index contributed by atoms with van der Waals surface area (Å²) in [4.78, 5) is 32.3. The number of amides is 3. The largest absolute Gasteiger partial charge is 0.352 e. The number of carbonyl (C=O) groups excluding carboxylic acids is 2. The minimum atomic E-state index is -0.142. The molecule has 0 spiro atoms. The molecule has 3 amide bonds. The first kappa shape index (κ1) is 19.8. The number of aromatic nitrogens is 4. The monoisotopic (exact) mass is 407 g/mol. The first-order chi connectivity index (χ1) is 14.5. The van der Waals surface area contributed by atoms with Crippen molar-refractivity contribution in [3.05, 3.63) is 59.8 Å². The second-order valence-corrected chi connectivity index (χ2v) is 7.68. The summed E-state index contributed by atoms with van der Waals surface area (Å²) in [5.74, 6) is 0.730. The zero-order chi connectivity index (χ0) is 21.1. The van der Waals surface area contributed by atoms with Gasteiger partial charge < -0.3 is 15.1 Å². The number of pyridine rings is 2. The van der Waals surface area contributed by atoms with Crippen LogP contribution in [0.5, 0.6) is 0 Å². The maximum Gasteiger partial charge on any atom is 0.319 e. The minimum absolute atomic E-state index is 0.00000347. The molecule has 0 aromatic carbocycles. The highest BCUT2D eigenvalue weighted by Crippen LogP contribution is 2.27. The van der Waals surface area contributed by atoms with E-state index in [0.29, 0.717) is 30.8 Å². The van der Waals surface area contributed by atoms with Crippen LogP contribution in [0.2, 0.25) is 0 Å². The maximum absolute atomic E-state index is 12.6. The van der Waals surface area contributed by atoms with Crippen LogP contribution < -0.4 is 5.32 Å². The number of nitrogens with zero attached hydrogens (tertiary/aromatic N) is 6. The van der Waals surface area contributed by atoms with Crippen LogP contribution in [0.3, 0.4) is 0 Å². The van der Waals surface area contributed by atoms with E-state index in [1.807, 2.05) is 21.4 Å². The van der Waals surface area contributed by atoms with Crippen molar-refractivity contribution < 1.29 is 9.59 Å². The molecule has 30 heavy (non-hydrogen) atoms. The Labute approximate surface area is 174 Å². The molecular weight excluding hydrogens is 382 g/mol. The van der Waals surface area contributed by atoms with Gasteiger partial charge >= 0.3 is 6.03 Å². The molecule has 0 unspecified atom stereocenters. The lowest BCUT2D eigenvalue weighted by molar-refractivity contribution is 0.0953. The fourth-order valence-electron chi connectivity index (χ4n) is 3.72. The Bertz CT molecular complexity index is 1050. The highest BCUT2D eigenvalue weighted by Gasteiger charge is 2.31. The molecule has 0 aliphatic carbocycles. The number of fused-ring (bicyclic) bond motifs is 1. The Balaban J connectivity index is 1.45. The van der Waals surface area contributed by atoms with Gasteiger partial charge in [0.2, 0.25) is 0 Å². The van der Waals surface area contributed by atoms with Gasteiger partial charge in [-0.2, -0.15) is 0 Å². The van der Waals surface area contributed by atoms with Gasteiger partial charge in [-0.25, -0.2) is 4.79 Å². The van der Waals surface area contributed by atoms with Gasteiger partial charge in [0.1, 0.15) is 5.82 Å². The van der Waals surface area contributed by atoms with E-state index in [0.717, 1.165) is 24.2 Å². The first-order valence-electron chi connectivity index (χ1n) is 10.0. The number of carbonyl (C=O) groups is 2. The third-order valence-corrected chi connectivity index (χ3v) is 5.32. The Morgan fingerprint density at radius 2 is 2.10 bits per heavy atom. The summed E-state index contributed by atoms with van der Waals surface area (Å²) < 4.78 is 1.87. The Hall–Kier alpha value is -3.49. The van der Waals surface area contributed by atoms with Crippen LogP contribution in [0.15, 0.2) is 42.9 Å². The van der Waals surface area contributed by atoms with Crippen molar-refractivity contribution in [2.75, 3.05) is 33.7 Å². The van der Waals surface area contributed by atoms with E-state index in [1.165, 1.54) is 0 Å². The van der Waals surface area contributed by atoms with Gasteiger partial charge in [0, 0.05) is 58.2 Å². The van der Waals surface area contributed by atoms with E-state index in [1.54, 1.807) is 49.7 Å². The molecule has 1 N–H and O–H groups in total. The van der Waals surface area contributed by atoms with Crippen molar-refractivity contribution in [2.24, 2.45) is 0 Å². The molecule has 1 aliphatic heterocycles. The van der Waals surface area contributed by atoms with Crippen LogP contribution in [0, 0.1) is 0 Å². The molecule has 9 heteroatoms. The van der Waals surface area contributed by atoms with Gasteiger partial charge in [-0.15, -0.1) is 10.2 Å². The summed E-state index contributed by atoms with van der Waals surface area (Å²) in [6.07, 6.45) is 6.85. The van der Waals surface area contributed by atoms with Crippen molar-refractivity contribution in [3.63, 3.8) is 0 Å². The molecule has 9 nitrogen and oxygen atoms in total. The number of likely N-dealkylation sites (tertiary alicyclic amines) is 1. The number of nitrogens with one attached hydrogen (secondary N) is 1. The Kier molecular flexibility index (Phi) is 5.60. The summed E-state index contributed by atoms with van der Waals surface area (Å²) in [6, 6.07) is 7.42. The molecule has 0 saturated carbocycles. The molecule has 1 saturated heterocycles. The lowest BCUT2D eigenvalue weighted by Gasteiger charge is -2.21. The number of urea groups is 1. The summed E-state index contributed by atoms with van der Waals surface area (Å²) in [5.41, 5.74) is 2.32. The zero-order valence-electron chi connectivity index (χ0n) is 17.2. The summed E-state index contributed by atoms with van der Waals surface area (Å²) in [5, 5.41) is 11.5. The molecule has 156 valence electrons. The normalized spacial score (nSPS) is 16.1. The topological polar surface area (TPSA) is 95.7 Å². The predicted molar refractivity (Wildman–Crippen MR) is 111 cm³/mol. The maximum atomic E-state index is 12.6. The van der Waals surface area contributed by atoms with Gasteiger partial charge in [-0.3, -0.25) is 14.2 Å². The second kappa shape index (κ2) is 8.48. The summed E-state index contributed by atoms with van der Waals surface area (Å²) >= 11 is 0.